The van der Waals surface area contributed by atoms with Crippen molar-refractivity contribution < 1.29 is 23.6 Å². The molecule has 0 saturated heterocycles. The number of benzene rings is 2. The van der Waals surface area contributed by atoms with Gasteiger partial charge in [0.05, 0.1) is 6.61 Å². The van der Waals surface area contributed by atoms with E-state index in [1.165, 1.54) is 6.07 Å². The molecular formula is C21H21N3O5. The van der Waals surface area contributed by atoms with E-state index in [1.807, 2.05) is 37.3 Å². The molecule has 29 heavy (non-hydrogen) atoms. The third-order valence-corrected chi connectivity index (χ3v) is 3.92. The molecule has 150 valence electrons. The first-order valence-corrected chi connectivity index (χ1v) is 9.08. The summed E-state index contributed by atoms with van der Waals surface area (Å²) >= 11 is 0. The van der Waals surface area contributed by atoms with Gasteiger partial charge in [-0.2, -0.15) is 0 Å². The first-order valence-electron chi connectivity index (χ1n) is 9.08. The summed E-state index contributed by atoms with van der Waals surface area (Å²) in [5.41, 5.74) is 5.93. The van der Waals surface area contributed by atoms with Crippen molar-refractivity contribution >= 4 is 11.8 Å². The zero-order chi connectivity index (χ0) is 20.6. The molecular weight excluding hydrogens is 374 g/mol. The molecule has 0 aliphatic carbocycles. The molecule has 0 aliphatic heterocycles. The molecule has 2 aromatic carbocycles. The number of ether oxygens (including phenoxy) is 2. The third-order valence-electron chi connectivity index (χ3n) is 3.92. The number of hydrogen-bond acceptors (Lipinski definition) is 6. The Morgan fingerprint density at radius 1 is 1.03 bits per heavy atom. The van der Waals surface area contributed by atoms with E-state index in [2.05, 4.69) is 16.0 Å². The van der Waals surface area contributed by atoms with Gasteiger partial charge in [0.2, 0.25) is 5.76 Å². The minimum Gasteiger partial charge on any atom is -0.494 e. The number of carbonyl (C=O) groups excluding carboxylic acids is 2. The van der Waals surface area contributed by atoms with Crippen LogP contribution in [0.3, 0.4) is 0 Å². The van der Waals surface area contributed by atoms with Gasteiger partial charge in [0, 0.05) is 11.6 Å². The van der Waals surface area contributed by atoms with Crippen LogP contribution >= 0.6 is 0 Å². The highest BCUT2D eigenvalue weighted by atomic mass is 16.5. The van der Waals surface area contributed by atoms with Crippen molar-refractivity contribution in [3.05, 3.63) is 66.4 Å². The predicted molar refractivity (Wildman–Crippen MR) is 105 cm³/mol. The summed E-state index contributed by atoms with van der Waals surface area (Å²) in [6.45, 7) is 4.03. The number of nitrogens with one attached hydrogen (secondary N) is 2. The fraction of sp³-hybridized carbons (Fsp3) is 0.190. The second-order valence-corrected chi connectivity index (χ2v) is 6.05. The van der Waals surface area contributed by atoms with E-state index >= 15 is 0 Å². The van der Waals surface area contributed by atoms with Crippen LogP contribution in [0.1, 0.15) is 24.4 Å². The van der Waals surface area contributed by atoms with Gasteiger partial charge in [-0.1, -0.05) is 35.5 Å². The Morgan fingerprint density at radius 2 is 1.72 bits per heavy atom. The van der Waals surface area contributed by atoms with Crippen LogP contribution in [0.4, 0.5) is 0 Å². The average molecular weight is 395 g/mol. The summed E-state index contributed by atoms with van der Waals surface area (Å²) < 4.78 is 16.0. The standard InChI is InChI=1S/C21H21N3O5/c1-3-27-16-9-11-17(12-10-16)28-14(2)20(25)22-23-21(26)19-13-18(24-29-19)15-7-5-4-6-8-15/h4-14H,3H2,1-2H3,(H,22,25)(H,23,26). The largest absolute Gasteiger partial charge is 0.494 e. The molecule has 3 rings (SSSR count). The number of rotatable bonds is 7. The fourth-order valence-electron chi connectivity index (χ4n) is 2.45. The lowest BCUT2D eigenvalue weighted by Crippen LogP contribution is -2.47. The van der Waals surface area contributed by atoms with E-state index in [4.69, 9.17) is 14.0 Å². The van der Waals surface area contributed by atoms with Crippen molar-refractivity contribution in [2.45, 2.75) is 20.0 Å². The molecule has 1 aromatic heterocycles. The molecule has 1 atom stereocenters. The van der Waals surface area contributed by atoms with Crippen LogP contribution in [0.25, 0.3) is 11.3 Å². The Kier molecular flexibility index (Phi) is 6.47. The van der Waals surface area contributed by atoms with Gasteiger partial charge in [-0.3, -0.25) is 20.4 Å². The zero-order valence-corrected chi connectivity index (χ0v) is 16.0. The lowest BCUT2D eigenvalue weighted by molar-refractivity contribution is -0.128. The van der Waals surface area contributed by atoms with Gasteiger partial charge >= 0.3 is 5.91 Å². The molecule has 3 aromatic rings. The molecule has 2 amide bonds. The van der Waals surface area contributed by atoms with Gasteiger partial charge in [0.15, 0.2) is 6.10 Å². The molecule has 8 nitrogen and oxygen atoms in total. The van der Waals surface area contributed by atoms with E-state index in [0.29, 0.717) is 23.8 Å². The van der Waals surface area contributed by atoms with Crippen LogP contribution in [0, 0.1) is 0 Å². The number of hydrazine groups is 1. The van der Waals surface area contributed by atoms with Gasteiger partial charge in [0.25, 0.3) is 5.91 Å². The van der Waals surface area contributed by atoms with Crippen molar-refractivity contribution in [2.24, 2.45) is 0 Å². The number of aromatic nitrogens is 1. The van der Waals surface area contributed by atoms with E-state index < -0.39 is 17.9 Å². The van der Waals surface area contributed by atoms with Crippen molar-refractivity contribution in [1.82, 2.24) is 16.0 Å². The molecule has 0 fully saturated rings. The molecule has 0 saturated carbocycles. The lowest BCUT2D eigenvalue weighted by atomic mass is 10.1. The topological polar surface area (TPSA) is 103 Å². The van der Waals surface area contributed by atoms with Gasteiger partial charge < -0.3 is 14.0 Å². The molecule has 1 heterocycles. The SMILES string of the molecule is CCOc1ccc(OC(C)C(=O)NNC(=O)c2cc(-c3ccccc3)no2)cc1. The number of amides is 2. The lowest BCUT2D eigenvalue weighted by Gasteiger charge is -2.15. The maximum Gasteiger partial charge on any atom is 0.308 e. The maximum atomic E-state index is 12.2. The first-order chi connectivity index (χ1) is 14.1. The minimum absolute atomic E-state index is 0.0239. The molecule has 2 N–H and O–H groups in total. The summed E-state index contributed by atoms with van der Waals surface area (Å²) in [5.74, 6) is 0.0527. The van der Waals surface area contributed by atoms with E-state index in [0.717, 1.165) is 5.56 Å². The van der Waals surface area contributed by atoms with Crippen LogP contribution in [0.5, 0.6) is 11.5 Å². The minimum atomic E-state index is -0.831. The Morgan fingerprint density at radius 3 is 2.41 bits per heavy atom. The second kappa shape index (κ2) is 9.41. The number of hydrogen-bond donors (Lipinski definition) is 2. The third kappa shape index (κ3) is 5.35. The van der Waals surface area contributed by atoms with Gasteiger partial charge in [-0.25, -0.2) is 0 Å². The average Bonchev–Trinajstić information content (AvgIpc) is 3.24. The monoisotopic (exact) mass is 395 g/mol. The van der Waals surface area contributed by atoms with Gasteiger partial charge in [-0.05, 0) is 38.1 Å². The van der Waals surface area contributed by atoms with Gasteiger partial charge in [-0.15, -0.1) is 0 Å². The van der Waals surface area contributed by atoms with E-state index in [-0.39, 0.29) is 5.76 Å². The summed E-state index contributed by atoms with van der Waals surface area (Å²) in [5, 5.41) is 3.86. The van der Waals surface area contributed by atoms with Crippen LogP contribution in [-0.2, 0) is 4.79 Å². The van der Waals surface area contributed by atoms with Crippen LogP contribution in [0.2, 0.25) is 0 Å². The van der Waals surface area contributed by atoms with Crippen LogP contribution in [-0.4, -0.2) is 29.7 Å². The summed E-state index contributed by atoms with van der Waals surface area (Å²) in [4.78, 5) is 24.3. The highest BCUT2D eigenvalue weighted by molar-refractivity contribution is 5.94. The van der Waals surface area contributed by atoms with Crippen molar-refractivity contribution in [3.8, 4) is 22.8 Å². The highest BCUT2D eigenvalue weighted by Gasteiger charge is 2.18. The predicted octanol–water partition coefficient (Wildman–Crippen LogP) is 2.97. The molecule has 8 heteroatoms. The molecule has 1 unspecified atom stereocenters. The number of carbonyl (C=O) groups is 2. The second-order valence-electron chi connectivity index (χ2n) is 6.05. The van der Waals surface area contributed by atoms with Crippen molar-refractivity contribution in [2.75, 3.05) is 6.61 Å². The van der Waals surface area contributed by atoms with E-state index in [9.17, 15) is 9.59 Å². The highest BCUT2D eigenvalue weighted by Crippen LogP contribution is 2.19. The van der Waals surface area contributed by atoms with Crippen LogP contribution in [0.15, 0.2) is 65.2 Å². The fourth-order valence-corrected chi connectivity index (χ4v) is 2.45. The summed E-state index contributed by atoms with van der Waals surface area (Å²) in [6.07, 6.45) is -0.831. The smallest absolute Gasteiger partial charge is 0.308 e. The Bertz CT molecular complexity index is 954. The maximum absolute atomic E-state index is 12.2. The van der Waals surface area contributed by atoms with Crippen molar-refractivity contribution in [3.63, 3.8) is 0 Å². The molecule has 0 radical (unpaired) electrons. The quantitative estimate of drug-likeness (QED) is 0.596. The summed E-state index contributed by atoms with van der Waals surface area (Å²) in [6, 6.07) is 17.7. The van der Waals surface area contributed by atoms with E-state index in [1.54, 1.807) is 31.2 Å². The molecule has 0 aliphatic rings. The van der Waals surface area contributed by atoms with Gasteiger partial charge in [0.1, 0.15) is 17.2 Å². The Hall–Kier alpha value is -3.81. The zero-order valence-electron chi connectivity index (χ0n) is 16.0. The number of nitrogens with zero attached hydrogens (tertiary/aromatic N) is 1. The normalized spacial score (nSPS) is 11.4. The Labute approximate surface area is 167 Å². The molecule has 0 bridgehead atoms. The Balaban J connectivity index is 1.50. The summed E-state index contributed by atoms with van der Waals surface area (Å²) in [7, 11) is 0. The van der Waals surface area contributed by atoms with Crippen molar-refractivity contribution in [1.29, 1.82) is 0 Å². The first kappa shape index (κ1) is 19.9. The van der Waals surface area contributed by atoms with Crippen LogP contribution < -0.4 is 20.3 Å². The molecule has 0 spiro atoms.